The molecule has 0 amide bonds. The molecular weight excluding hydrogens is 269 g/mol. The minimum absolute atomic E-state index is 0.0351. The molecule has 0 bridgehead atoms. The molecule has 20 heavy (non-hydrogen) atoms. The van der Waals surface area contributed by atoms with Crippen molar-refractivity contribution in [2.75, 3.05) is 18.5 Å². The zero-order valence-corrected chi connectivity index (χ0v) is 11.6. The lowest BCUT2D eigenvalue weighted by atomic mass is 10.1. The Morgan fingerprint density at radius 2 is 1.95 bits per heavy atom. The lowest BCUT2D eigenvalue weighted by Crippen LogP contribution is -2.33. The van der Waals surface area contributed by atoms with E-state index in [1.807, 2.05) is 20.8 Å². The average molecular weight is 286 g/mol. The van der Waals surface area contributed by atoms with Gasteiger partial charge in [0.25, 0.3) is 0 Å². The molecule has 1 aromatic rings. The van der Waals surface area contributed by atoms with Crippen LogP contribution in [0.2, 0.25) is 0 Å². The Morgan fingerprint density at radius 3 is 2.45 bits per heavy atom. The van der Waals surface area contributed by atoms with Gasteiger partial charge in [-0.15, -0.1) is 0 Å². The second-order valence-corrected chi connectivity index (χ2v) is 4.92. The molecule has 1 aromatic carbocycles. The molecule has 0 spiro atoms. The summed E-state index contributed by atoms with van der Waals surface area (Å²) in [6, 6.07) is 4.84. The van der Waals surface area contributed by atoms with Crippen LogP contribution in [-0.2, 0) is 10.9 Å². The third-order valence-corrected chi connectivity index (χ3v) is 2.71. The second kappa shape index (κ2) is 6.14. The van der Waals surface area contributed by atoms with E-state index in [1.165, 1.54) is 6.07 Å². The van der Waals surface area contributed by atoms with E-state index in [4.69, 9.17) is 10.00 Å². The molecule has 0 atom stereocenters. The molecule has 0 aliphatic carbocycles. The number of rotatable bonds is 5. The van der Waals surface area contributed by atoms with Crippen molar-refractivity contribution < 1.29 is 17.9 Å². The maximum atomic E-state index is 12.6. The lowest BCUT2D eigenvalue weighted by molar-refractivity contribution is -0.137. The summed E-state index contributed by atoms with van der Waals surface area (Å²) in [6.07, 6.45) is -4.45. The first kappa shape index (κ1) is 16.3. The number of benzene rings is 1. The molecule has 0 saturated carbocycles. The number of alkyl halides is 3. The van der Waals surface area contributed by atoms with E-state index < -0.39 is 17.3 Å². The molecule has 0 aliphatic rings. The van der Waals surface area contributed by atoms with E-state index in [2.05, 4.69) is 5.32 Å². The summed E-state index contributed by atoms with van der Waals surface area (Å²) in [5.41, 5.74) is -0.964. The monoisotopic (exact) mass is 286 g/mol. The molecule has 0 heterocycles. The van der Waals surface area contributed by atoms with Crippen LogP contribution < -0.4 is 5.32 Å². The van der Waals surface area contributed by atoms with Crippen LogP contribution in [0.3, 0.4) is 0 Å². The molecule has 0 aliphatic heterocycles. The van der Waals surface area contributed by atoms with Gasteiger partial charge in [0, 0.05) is 13.2 Å². The second-order valence-electron chi connectivity index (χ2n) is 4.92. The predicted octanol–water partition coefficient (Wildman–Crippen LogP) is 3.80. The molecular formula is C14H17F3N2O. The van der Waals surface area contributed by atoms with Gasteiger partial charge >= 0.3 is 6.18 Å². The van der Waals surface area contributed by atoms with Gasteiger partial charge in [0.2, 0.25) is 0 Å². The van der Waals surface area contributed by atoms with Gasteiger partial charge in [-0.25, -0.2) is 0 Å². The first-order valence-electron chi connectivity index (χ1n) is 6.19. The van der Waals surface area contributed by atoms with Crippen LogP contribution >= 0.6 is 0 Å². The Balaban J connectivity index is 2.90. The maximum Gasteiger partial charge on any atom is 0.416 e. The Bertz CT molecular complexity index is 504. The number of ether oxygens (including phenoxy) is 1. The van der Waals surface area contributed by atoms with Gasteiger partial charge in [0.05, 0.1) is 22.4 Å². The fourth-order valence-electron chi connectivity index (χ4n) is 1.72. The van der Waals surface area contributed by atoms with E-state index in [0.29, 0.717) is 18.8 Å². The quantitative estimate of drug-likeness (QED) is 0.895. The van der Waals surface area contributed by atoms with E-state index in [9.17, 15) is 13.2 Å². The third kappa shape index (κ3) is 4.42. The number of nitrogens with one attached hydrogen (secondary N) is 1. The first-order chi connectivity index (χ1) is 9.19. The van der Waals surface area contributed by atoms with Crippen molar-refractivity contribution in [2.45, 2.75) is 32.5 Å². The van der Waals surface area contributed by atoms with Gasteiger partial charge in [-0.2, -0.15) is 18.4 Å². The number of anilines is 1. The molecule has 0 fully saturated rings. The summed E-state index contributed by atoms with van der Waals surface area (Å²) < 4.78 is 43.2. The highest BCUT2D eigenvalue weighted by Gasteiger charge is 2.31. The Kier molecular flexibility index (Phi) is 5.01. The van der Waals surface area contributed by atoms with Crippen LogP contribution in [0.5, 0.6) is 0 Å². The Labute approximate surface area is 116 Å². The van der Waals surface area contributed by atoms with Gasteiger partial charge in [-0.1, -0.05) is 0 Å². The number of nitrogens with zero attached hydrogens (tertiary/aromatic N) is 1. The van der Waals surface area contributed by atoms with Crippen molar-refractivity contribution in [2.24, 2.45) is 0 Å². The number of hydrogen-bond donors (Lipinski definition) is 1. The molecule has 0 aromatic heterocycles. The van der Waals surface area contributed by atoms with Gasteiger partial charge in [0.15, 0.2) is 0 Å². The summed E-state index contributed by atoms with van der Waals surface area (Å²) in [5, 5.41) is 11.9. The van der Waals surface area contributed by atoms with E-state index in [1.54, 1.807) is 6.07 Å². The van der Waals surface area contributed by atoms with Crippen molar-refractivity contribution in [1.29, 1.82) is 5.26 Å². The highest BCUT2D eigenvalue weighted by atomic mass is 19.4. The summed E-state index contributed by atoms with van der Waals surface area (Å²) in [6.45, 7) is 6.51. The van der Waals surface area contributed by atoms with Gasteiger partial charge in [-0.05, 0) is 39.0 Å². The van der Waals surface area contributed by atoms with E-state index in [0.717, 1.165) is 12.1 Å². The first-order valence-corrected chi connectivity index (χ1v) is 6.19. The zero-order valence-electron chi connectivity index (χ0n) is 11.6. The van der Waals surface area contributed by atoms with Gasteiger partial charge in [-0.3, -0.25) is 0 Å². The predicted molar refractivity (Wildman–Crippen MR) is 70.4 cm³/mol. The highest BCUT2D eigenvalue weighted by Crippen LogP contribution is 2.31. The van der Waals surface area contributed by atoms with Crippen molar-refractivity contribution >= 4 is 5.69 Å². The third-order valence-electron chi connectivity index (χ3n) is 2.71. The van der Waals surface area contributed by atoms with Crippen LogP contribution in [0.1, 0.15) is 31.9 Å². The van der Waals surface area contributed by atoms with E-state index >= 15 is 0 Å². The smallest absolute Gasteiger partial charge is 0.381 e. The van der Waals surface area contributed by atoms with Crippen LogP contribution in [0.25, 0.3) is 0 Å². The maximum absolute atomic E-state index is 12.6. The van der Waals surface area contributed by atoms with Crippen LogP contribution in [-0.4, -0.2) is 18.8 Å². The zero-order chi connectivity index (χ0) is 15.4. The summed E-state index contributed by atoms with van der Waals surface area (Å²) in [4.78, 5) is 0. The normalized spacial score (nSPS) is 12.1. The minimum Gasteiger partial charge on any atom is -0.381 e. The van der Waals surface area contributed by atoms with Crippen LogP contribution in [0.4, 0.5) is 18.9 Å². The summed E-state index contributed by atoms with van der Waals surface area (Å²) >= 11 is 0. The molecule has 6 heteroatoms. The molecule has 0 unspecified atom stereocenters. The Morgan fingerprint density at radius 1 is 1.30 bits per heavy atom. The van der Waals surface area contributed by atoms with E-state index in [-0.39, 0.29) is 5.56 Å². The summed E-state index contributed by atoms with van der Waals surface area (Å²) in [7, 11) is 0. The number of halogens is 3. The molecule has 0 radical (unpaired) electrons. The van der Waals surface area contributed by atoms with Gasteiger partial charge < -0.3 is 10.1 Å². The van der Waals surface area contributed by atoms with Crippen molar-refractivity contribution in [3.63, 3.8) is 0 Å². The minimum atomic E-state index is -4.45. The molecule has 0 saturated heterocycles. The molecule has 110 valence electrons. The summed E-state index contributed by atoms with van der Waals surface area (Å²) in [5.74, 6) is 0. The average Bonchev–Trinajstić information content (AvgIpc) is 2.35. The largest absolute Gasteiger partial charge is 0.416 e. The fourth-order valence-corrected chi connectivity index (χ4v) is 1.72. The molecule has 3 nitrogen and oxygen atoms in total. The fraction of sp³-hybridized carbons (Fsp3) is 0.500. The highest BCUT2D eigenvalue weighted by molar-refractivity contribution is 5.59. The number of hydrogen-bond acceptors (Lipinski definition) is 3. The number of nitriles is 1. The van der Waals surface area contributed by atoms with Crippen molar-refractivity contribution in [3.8, 4) is 6.07 Å². The standard InChI is InChI=1S/C14H17F3N2O/c1-4-20-13(2,3)9-19-12-6-5-11(14(15,16)17)7-10(12)8-18/h5-7,19H,4,9H2,1-3H3. The lowest BCUT2D eigenvalue weighted by Gasteiger charge is -2.25. The van der Waals surface area contributed by atoms with Crippen LogP contribution in [0.15, 0.2) is 18.2 Å². The topological polar surface area (TPSA) is 45.0 Å². The molecule has 1 rings (SSSR count). The van der Waals surface area contributed by atoms with Crippen LogP contribution in [0, 0.1) is 11.3 Å². The molecule has 1 N–H and O–H groups in total. The van der Waals surface area contributed by atoms with Crippen molar-refractivity contribution in [3.05, 3.63) is 29.3 Å². The van der Waals surface area contributed by atoms with Gasteiger partial charge in [0.1, 0.15) is 6.07 Å². The Hall–Kier alpha value is -1.74. The van der Waals surface area contributed by atoms with Crippen molar-refractivity contribution in [1.82, 2.24) is 0 Å². The SMILES string of the molecule is CCOC(C)(C)CNc1ccc(C(F)(F)F)cc1C#N.